The zero-order valence-electron chi connectivity index (χ0n) is 15.7. The molecule has 5 heteroatoms. The zero-order valence-corrected chi connectivity index (χ0v) is 15.7. The van der Waals surface area contributed by atoms with E-state index in [0.717, 1.165) is 6.42 Å². The predicted octanol–water partition coefficient (Wildman–Crippen LogP) is 3.13. The van der Waals surface area contributed by atoms with Crippen molar-refractivity contribution in [1.29, 1.82) is 0 Å². The molecule has 0 aliphatic carbocycles. The first-order valence-corrected chi connectivity index (χ1v) is 8.07. The standard InChI is InChI=1S/C11H10.C7H14N2O.CH5N.CH2O/c1-9-6-7-10-4-2-3-5-11(10)8-9;1-4-5(2)6(8)7(10)9-3;2*1-2/h2-8H,1H3;5-6H,3-4,8H2,1-2H3;2H2,1H3;1H2/t;5-,6?;;/m.0../s1. The van der Waals surface area contributed by atoms with Crippen LogP contribution in [0.15, 0.2) is 47.5 Å². The highest BCUT2D eigenvalue weighted by molar-refractivity contribution is 5.85. The van der Waals surface area contributed by atoms with E-state index in [1.54, 1.807) is 0 Å². The summed E-state index contributed by atoms with van der Waals surface area (Å²) in [6.07, 6.45) is 0.891. The van der Waals surface area contributed by atoms with Gasteiger partial charge in [0.25, 0.3) is 5.91 Å². The number of aliphatic imine (C=N–C) groups is 1. The van der Waals surface area contributed by atoms with Gasteiger partial charge in [-0.05, 0) is 37.4 Å². The number of aryl methyl sites for hydroxylation is 1. The Balaban J connectivity index is 0. The Labute approximate surface area is 151 Å². The van der Waals surface area contributed by atoms with Crippen molar-refractivity contribution in [3.05, 3.63) is 48.0 Å². The second-order valence-electron chi connectivity index (χ2n) is 5.26. The highest BCUT2D eigenvalue weighted by atomic mass is 16.1. The number of hydrogen-bond acceptors (Lipinski definition) is 4. The summed E-state index contributed by atoms with van der Waals surface area (Å²) in [6, 6.07) is 14.4. The van der Waals surface area contributed by atoms with E-state index in [-0.39, 0.29) is 11.8 Å². The van der Waals surface area contributed by atoms with E-state index in [1.165, 1.54) is 23.4 Å². The molecule has 0 spiro atoms. The molecule has 0 aliphatic rings. The lowest BCUT2D eigenvalue weighted by Gasteiger charge is -2.13. The van der Waals surface area contributed by atoms with E-state index in [9.17, 15) is 4.79 Å². The largest absolute Gasteiger partial charge is 0.333 e. The minimum absolute atomic E-state index is 0.193. The minimum atomic E-state index is -0.470. The van der Waals surface area contributed by atoms with Gasteiger partial charge in [0.2, 0.25) is 0 Å². The van der Waals surface area contributed by atoms with Crippen LogP contribution >= 0.6 is 0 Å². The quantitative estimate of drug-likeness (QED) is 0.835. The second kappa shape index (κ2) is 15.2. The minimum Gasteiger partial charge on any atom is -0.333 e. The van der Waals surface area contributed by atoms with Crippen LogP contribution in [0.2, 0.25) is 0 Å². The van der Waals surface area contributed by atoms with Gasteiger partial charge in [-0.1, -0.05) is 68.3 Å². The lowest BCUT2D eigenvalue weighted by Crippen LogP contribution is -2.35. The number of amides is 1. The van der Waals surface area contributed by atoms with Crippen LogP contribution in [0.3, 0.4) is 0 Å². The molecule has 2 aromatic carbocycles. The molecule has 25 heavy (non-hydrogen) atoms. The Kier molecular flexibility index (Phi) is 15.1. The fourth-order valence-corrected chi connectivity index (χ4v) is 1.91. The van der Waals surface area contributed by atoms with Gasteiger partial charge < -0.3 is 16.3 Å². The molecule has 0 aliphatic heterocycles. The van der Waals surface area contributed by atoms with E-state index in [0.29, 0.717) is 0 Å². The van der Waals surface area contributed by atoms with Crippen molar-refractivity contribution in [3.63, 3.8) is 0 Å². The molecule has 138 valence electrons. The fraction of sp³-hybridized carbons (Fsp3) is 0.350. The summed E-state index contributed by atoms with van der Waals surface area (Å²) in [5, 5.41) is 2.64. The Hall–Kier alpha value is -2.37. The average Bonchev–Trinajstić information content (AvgIpc) is 2.69. The molecular weight excluding hydrogens is 314 g/mol. The molecule has 0 saturated heterocycles. The van der Waals surface area contributed by atoms with Gasteiger partial charge in [0, 0.05) is 0 Å². The number of benzene rings is 2. The summed E-state index contributed by atoms with van der Waals surface area (Å²) < 4.78 is 0. The molecule has 2 atom stereocenters. The van der Waals surface area contributed by atoms with Crippen molar-refractivity contribution in [2.45, 2.75) is 33.2 Å². The van der Waals surface area contributed by atoms with Gasteiger partial charge in [0.05, 0.1) is 6.04 Å². The second-order valence-corrected chi connectivity index (χ2v) is 5.26. The molecule has 2 aromatic rings. The number of nitrogens with two attached hydrogens (primary N) is 2. The summed E-state index contributed by atoms with van der Waals surface area (Å²) >= 11 is 0. The van der Waals surface area contributed by atoms with Crippen LogP contribution in [-0.4, -0.2) is 32.5 Å². The Bertz CT molecular complexity index is 629. The maximum absolute atomic E-state index is 10.8. The molecular formula is C20H31N3O2. The summed E-state index contributed by atoms with van der Waals surface area (Å²) in [5.74, 6) is -0.118. The smallest absolute Gasteiger partial charge is 0.262 e. The highest BCUT2D eigenvalue weighted by Crippen LogP contribution is 2.14. The van der Waals surface area contributed by atoms with Gasteiger partial charge in [-0.25, -0.2) is 4.99 Å². The van der Waals surface area contributed by atoms with E-state index in [1.807, 2.05) is 20.6 Å². The number of hydrogen-bond donors (Lipinski definition) is 2. The lowest BCUT2D eigenvalue weighted by molar-refractivity contribution is -0.119. The van der Waals surface area contributed by atoms with Gasteiger partial charge >= 0.3 is 0 Å². The average molecular weight is 345 g/mol. The third-order valence-electron chi connectivity index (χ3n) is 3.60. The summed E-state index contributed by atoms with van der Waals surface area (Å²) in [6.45, 7) is 11.1. The predicted molar refractivity (Wildman–Crippen MR) is 108 cm³/mol. The SMILES string of the molecule is C=NC(=O)C(N)[C@@H](C)CC.C=O.CN.Cc1ccc2ccccc2c1. The number of carbonyl (C=O) groups is 2. The Morgan fingerprint density at radius 2 is 1.64 bits per heavy atom. The van der Waals surface area contributed by atoms with Crippen LogP contribution in [0.4, 0.5) is 0 Å². The lowest BCUT2D eigenvalue weighted by atomic mass is 10.00. The summed E-state index contributed by atoms with van der Waals surface area (Å²) in [7, 11) is 1.50. The fourth-order valence-electron chi connectivity index (χ4n) is 1.91. The first kappa shape index (κ1) is 24.9. The summed E-state index contributed by atoms with van der Waals surface area (Å²) in [4.78, 5) is 22.0. The molecule has 0 fully saturated rings. The van der Waals surface area contributed by atoms with Crippen LogP contribution in [-0.2, 0) is 9.59 Å². The first-order chi connectivity index (χ1) is 12.0. The van der Waals surface area contributed by atoms with E-state index >= 15 is 0 Å². The molecule has 1 unspecified atom stereocenters. The molecule has 2 rings (SSSR count). The molecule has 0 aromatic heterocycles. The molecule has 0 heterocycles. The number of carbonyl (C=O) groups excluding carboxylic acids is 2. The van der Waals surface area contributed by atoms with Gasteiger partial charge in [-0.2, -0.15) is 0 Å². The van der Waals surface area contributed by atoms with E-state index in [4.69, 9.17) is 10.5 Å². The van der Waals surface area contributed by atoms with Crippen molar-refractivity contribution in [1.82, 2.24) is 0 Å². The number of rotatable bonds is 3. The molecule has 0 radical (unpaired) electrons. The van der Waals surface area contributed by atoms with Gasteiger partial charge in [-0.3, -0.25) is 4.79 Å². The third-order valence-corrected chi connectivity index (χ3v) is 3.60. The van der Waals surface area contributed by atoms with Crippen molar-refractivity contribution in [2.24, 2.45) is 22.4 Å². The van der Waals surface area contributed by atoms with E-state index in [2.05, 4.69) is 66.8 Å². The molecule has 1 amide bonds. The normalized spacial score (nSPS) is 11.3. The zero-order chi connectivity index (χ0) is 19.8. The van der Waals surface area contributed by atoms with Crippen molar-refractivity contribution in [3.8, 4) is 0 Å². The van der Waals surface area contributed by atoms with Crippen molar-refractivity contribution >= 4 is 30.2 Å². The third kappa shape index (κ3) is 9.49. The topological polar surface area (TPSA) is 98.5 Å². The first-order valence-electron chi connectivity index (χ1n) is 8.07. The monoisotopic (exact) mass is 345 g/mol. The summed E-state index contributed by atoms with van der Waals surface area (Å²) in [5.41, 5.74) is 11.3. The van der Waals surface area contributed by atoms with Crippen LogP contribution in [0.5, 0.6) is 0 Å². The van der Waals surface area contributed by atoms with Crippen LogP contribution in [0.25, 0.3) is 10.8 Å². The van der Waals surface area contributed by atoms with E-state index < -0.39 is 6.04 Å². The van der Waals surface area contributed by atoms with Crippen LogP contribution < -0.4 is 11.5 Å². The van der Waals surface area contributed by atoms with Gasteiger partial charge in [0.15, 0.2) is 0 Å². The molecule has 0 bridgehead atoms. The van der Waals surface area contributed by atoms with Crippen molar-refractivity contribution < 1.29 is 9.59 Å². The maximum atomic E-state index is 10.8. The Morgan fingerprint density at radius 3 is 2.12 bits per heavy atom. The van der Waals surface area contributed by atoms with Crippen molar-refractivity contribution in [2.75, 3.05) is 7.05 Å². The Morgan fingerprint density at radius 1 is 1.12 bits per heavy atom. The molecule has 5 nitrogen and oxygen atoms in total. The van der Waals surface area contributed by atoms with Gasteiger partial charge in [0.1, 0.15) is 6.79 Å². The van der Waals surface area contributed by atoms with Gasteiger partial charge in [-0.15, -0.1) is 0 Å². The van der Waals surface area contributed by atoms with Crippen LogP contribution in [0, 0.1) is 12.8 Å². The highest BCUT2D eigenvalue weighted by Gasteiger charge is 2.17. The number of nitrogens with zero attached hydrogens (tertiary/aromatic N) is 1. The molecule has 4 N–H and O–H groups in total. The maximum Gasteiger partial charge on any atom is 0.262 e. The number of fused-ring (bicyclic) bond motifs is 1. The van der Waals surface area contributed by atoms with Crippen LogP contribution in [0.1, 0.15) is 25.8 Å². The molecule has 0 saturated carbocycles.